The number of aromatic nitrogens is 2. The zero-order valence-corrected chi connectivity index (χ0v) is 10.9. The highest BCUT2D eigenvalue weighted by molar-refractivity contribution is 9.10. The van der Waals surface area contributed by atoms with Crippen molar-refractivity contribution in [3.8, 4) is 0 Å². The van der Waals surface area contributed by atoms with Crippen molar-refractivity contribution in [2.24, 2.45) is 0 Å². The molecule has 1 aromatic heterocycles. The molecule has 1 heterocycles. The van der Waals surface area contributed by atoms with Crippen molar-refractivity contribution in [1.29, 1.82) is 0 Å². The van der Waals surface area contributed by atoms with Gasteiger partial charge in [-0.1, -0.05) is 18.2 Å². The monoisotopic (exact) mass is 311 g/mol. The summed E-state index contributed by atoms with van der Waals surface area (Å²) in [5.41, 5.74) is 0.394. The Morgan fingerprint density at radius 1 is 1.39 bits per heavy atom. The van der Waals surface area contributed by atoms with Crippen LogP contribution in [-0.2, 0) is 0 Å². The number of anilines is 1. The van der Waals surface area contributed by atoms with Crippen LogP contribution in [0, 0.1) is 5.82 Å². The van der Waals surface area contributed by atoms with Gasteiger partial charge in [-0.2, -0.15) is 0 Å². The number of rotatable bonds is 4. The van der Waals surface area contributed by atoms with Crippen molar-refractivity contribution in [3.63, 3.8) is 0 Å². The molecule has 0 saturated heterocycles. The lowest BCUT2D eigenvalue weighted by atomic mass is 10.1. The molecule has 0 fully saturated rings. The number of benzene rings is 1. The minimum absolute atomic E-state index is 0.239. The van der Waals surface area contributed by atoms with E-state index >= 15 is 0 Å². The second-order valence-electron chi connectivity index (χ2n) is 3.62. The third-order valence-corrected chi connectivity index (χ3v) is 3.02. The fourth-order valence-corrected chi connectivity index (χ4v) is 1.90. The number of hydrogen-bond acceptors (Lipinski definition) is 4. The summed E-state index contributed by atoms with van der Waals surface area (Å²) >= 11 is 3.28. The van der Waals surface area contributed by atoms with E-state index in [4.69, 9.17) is 0 Å². The summed E-state index contributed by atoms with van der Waals surface area (Å²) < 4.78 is 14.3. The first-order valence-electron chi connectivity index (χ1n) is 5.29. The van der Waals surface area contributed by atoms with Gasteiger partial charge >= 0.3 is 0 Å². The van der Waals surface area contributed by atoms with Crippen molar-refractivity contribution < 1.29 is 9.50 Å². The average Bonchev–Trinajstić information content (AvgIpc) is 2.39. The van der Waals surface area contributed by atoms with Gasteiger partial charge in [0.25, 0.3) is 0 Å². The molecule has 1 atom stereocenters. The first-order chi connectivity index (χ1) is 8.72. The Morgan fingerprint density at radius 2 is 2.17 bits per heavy atom. The Labute approximate surface area is 112 Å². The molecule has 6 heteroatoms. The Hall–Kier alpha value is -1.53. The van der Waals surface area contributed by atoms with E-state index in [2.05, 4.69) is 31.2 Å². The largest absolute Gasteiger partial charge is 0.394 e. The Bertz CT molecular complexity index is 538. The molecule has 0 spiro atoms. The van der Waals surface area contributed by atoms with Gasteiger partial charge in [-0.15, -0.1) is 0 Å². The molecule has 1 unspecified atom stereocenters. The molecule has 18 heavy (non-hydrogen) atoms. The maximum absolute atomic E-state index is 13.6. The van der Waals surface area contributed by atoms with Gasteiger partial charge in [0.1, 0.15) is 18.0 Å². The molecule has 2 rings (SSSR count). The highest BCUT2D eigenvalue weighted by Gasteiger charge is 2.15. The summed E-state index contributed by atoms with van der Waals surface area (Å²) in [6.45, 7) is -0.239. The number of hydrogen-bond donors (Lipinski definition) is 2. The van der Waals surface area contributed by atoms with Crippen molar-refractivity contribution in [3.05, 3.63) is 52.6 Å². The molecule has 0 aliphatic carbocycles. The topological polar surface area (TPSA) is 58.0 Å². The summed E-state index contributed by atoms with van der Waals surface area (Å²) in [7, 11) is 0. The van der Waals surface area contributed by atoms with Crippen LogP contribution >= 0.6 is 15.9 Å². The van der Waals surface area contributed by atoms with Crippen LogP contribution in [0.1, 0.15) is 11.6 Å². The van der Waals surface area contributed by atoms with Gasteiger partial charge in [0.05, 0.1) is 17.1 Å². The standard InChI is InChI=1S/C12H11BrFN3O/c13-9-5-15-7-16-12(9)17-11(6-18)8-3-1-2-4-10(8)14/h1-5,7,11,18H,6H2,(H,15,16,17). The maximum atomic E-state index is 13.6. The summed E-state index contributed by atoms with van der Waals surface area (Å²) in [4.78, 5) is 7.85. The molecule has 1 aromatic carbocycles. The molecule has 0 radical (unpaired) electrons. The quantitative estimate of drug-likeness (QED) is 0.911. The number of aliphatic hydroxyl groups is 1. The SMILES string of the molecule is OCC(Nc1ncncc1Br)c1ccccc1F. The third kappa shape index (κ3) is 2.83. The van der Waals surface area contributed by atoms with Crippen LogP contribution < -0.4 is 5.32 Å². The van der Waals surface area contributed by atoms with Crippen LogP contribution in [0.4, 0.5) is 10.2 Å². The predicted octanol–water partition coefficient (Wildman–Crippen LogP) is 2.52. The summed E-state index contributed by atoms with van der Waals surface area (Å²) in [5, 5.41) is 12.3. The van der Waals surface area contributed by atoms with Crippen LogP contribution in [0.25, 0.3) is 0 Å². The van der Waals surface area contributed by atoms with Crippen molar-refractivity contribution in [1.82, 2.24) is 9.97 Å². The normalized spacial score (nSPS) is 12.2. The van der Waals surface area contributed by atoms with Gasteiger partial charge in [0.15, 0.2) is 0 Å². The minimum atomic E-state index is -0.558. The Morgan fingerprint density at radius 3 is 2.83 bits per heavy atom. The van der Waals surface area contributed by atoms with E-state index in [9.17, 15) is 9.50 Å². The Kier molecular flexibility index (Phi) is 4.22. The van der Waals surface area contributed by atoms with Crippen molar-refractivity contribution in [2.45, 2.75) is 6.04 Å². The predicted molar refractivity (Wildman–Crippen MR) is 69.6 cm³/mol. The van der Waals surface area contributed by atoms with Gasteiger partial charge in [-0.3, -0.25) is 0 Å². The first-order valence-corrected chi connectivity index (χ1v) is 6.09. The van der Waals surface area contributed by atoms with Gasteiger partial charge in [0, 0.05) is 11.8 Å². The molecule has 0 amide bonds. The Balaban J connectivity index is 2.26. The zero-order valence-electron chi connectivity index (χ0n) is 9.35. The van der Waals surface area contributed by atoms with Gasteiger partial charge in [-0.05, 0) is 22.0 Å². The van der Waals surface area contributed by atoms with E-state index in [0.29, 0.717) is 15.9 Å². The van der Waals surface area contributed by atoms with Crippen LogP contribution in [0.3, 0.4) is 0 Å². The second-order valence-corrected chi connectivity index (χ2v) is 4.47. The van der Waals surface area contributed by atoms with Crippen LogP contribution in [0.15, 0.2) is 41.3 Å². The van der Waals surface area contributed by atoms with E-state index in [1.54, 1.807) is 24.4 Å². The lowest BCUT2D eigenvalue weighted by Gasteiger charge is -2.18. The summed E-state index contributed by atoms with van der Waals surface area (Å²) in [5.74, 6) is 0.140. The second kappa shape index (κ2) is 5.88. The van der Waals surface area contributed by atoms with Crippen molar-refractivity contribution in [2.75, 3.05) is 11.9 Å². The minimum Gasteiger partial charge on any atom is -0.394 e. The lowest BCUT2D eigenvalue weighted by molar-refractivity contribution is 0.273. The number of nitrogens with zero attached hydrogens (tertiary/aromatic N) is 2. The van der Waals surface area contributed by atoms with Crippen molar-refractivity contribution >= 4 is 21.7 Å². The summed E-state index contributed by atoms with van der Waals surface area (Å²) in [6, 6.07) is 5.75. The maximum Gasteiger partial charge on any atom is 0.144 e. The molecule has 0 aliphatic heterocycles. The molecule has 0 bridgehead atoms. The highest BCUT2D eigenvalue weighted by Crippen LogP contribution is 2.24. The average molecular weight is 312 g/mol. The lowest BCUT2D eigenvalue weighted by Crippen LogP contribution is -2.17. The fourth-order valence-electron chi connectivity index (χ4n) is 1.56. The summed E-state index contributed by atoms with van der Waals surface area (Å²) in [6.07, 6.45) is 2.95. The number of halogens is 2. The van der Waals surface area contributed by atoms with E-state index in [0.717, 1.165) is 0 Å². The molecule has 2 aromatic rings. The van der Waals surface area contributed by atoms with Gasteiger partial charge < -0.3 is 10.4 Å². The van der Waals surface area contributed by atoms with Gasteiger partial charge in [0.2, 0.25) is 0 Å². The van der Waals surface area contributed by atoms with E-state index in [-0.39, 0.29) is 12.4 Å². The molecule has 0 saturated carbocycles. The highest BCUT2D eigenvalue weighted by atomic mass is 79.9. The zero-order chi connectivity index (χ0) is 13.0. The van der Waals surface area contributed by atoms with E-state index < -0.39 is 6.04 Å². The molecular formula is C12H11BrFN3O. The fraction of sp³-hybridized carbons (Fsp3) is 0.167. The van der Waals surface area contributed by atoms with E-state index in [1.165, 1.54) is 12.4 Å². The first kappa shape index (κ1) is 12.9. The van der Waals surface area contributed by atoms with Crippen LogP contribution in [-0.4, -0.2) is 21.7 Å². The molecule has 2 N–H and O–H groups in total. The van der Waals surface area contributed by atoms with Crippen LogP contribution in [0.2, 0.25) is 0 Å². The molecular weight excluding hydrogens is 301 g/mol. The molecule has 0 aliphatic rings. The third-order valence-electron chi connectivity index (χ3n) is 2.44. The molecule has 94 valence electrons. The smallest absolute Gasteiger partial charge is 0.144 e. The number of nitrogens with one attached hydrogen (secondary N) is 1. The van der Waals surface area contributed by atoms with Gasteiger partial charge in [-0.25, -0.2) is 14.4 Å². The number of aliphatic hydroxyl groups excluding tert-OH is 1. The molecule has 4 nitrogen and oxygen atoms in total. The van der Waals surface area contributed by atoms with E-state index in [1.807, 2.05) is 0 Å². The van der Waals surface area contributed by atoms with Crippen LogP contribution in [0.5, 0.6) is 0 Å².